The van der Waals surface area contributed by atoms with Crippen LogP contribution in [0.2, 0.25) is 0 Å². The van der Waals surface area contributed by atoms with Crippen LogP contribution in [0, 0.1) is 11.6 Å². The third-order valence-electron chi connectivity index (χ3n) is 4.24. The predicted molar refractivity (Wildman–Crippen MR) is 95.3 cm³/mol. The molecule has 0 aliphatic rings. The van der Waals surface area contributed by atoms with Gasteiger partial charge in [0.1, 0.15) is 17.3 Å². The van der Waals surface area contributed by atoms with Crippen molar-refractivity contribution in [1.82, 2.24) is 15.1 Å². The Balaban J connectivity index is 1.71. The van der Waals surface area contributed by atoms with E-state index in [1.807, 2.05) is 13.8 Å². The second-order valence-corrected chi connectivity index (χ2v) is 6.67. The molecule has 0 aliphatic carbocycles. The first kappa shape index (κ1) is 17.8. The highest BCUT2D eigenvalue weighted by atomic mass is 19.1. The molecule has 3 aromatic rings. The molecule has 1 aromatic heterocycles. The molecule has 1 amide bonds. The van der Waals surface area contributed by atoms with E-state index in [1.54, 1.807) is 36.4 Å². The van der Waals surface area contributed by atoms with E-state index in [9.17, 15) is 13.6 Å². The molecule has 134 valence electrons. The number of rotatable bonds is 5. The summed E-state index contributed by atoms with van der Waals surface area (Å²) in [4.78, 5) is 12.4. The molecule has 0 unspecified atom stereocenters. The average Bonchev–Trinajstić information content (AvgIpc) is 3.10. The van der Waals surface area contributed by atoms with Crippen LogP contribution in [0.5, 0.6) is 0 Å². The molecule has 1 heterocycles. The Hall–Kier alpha value is -3.02. The van der Waals surface area contributed by atoms with E-state index in [0.717, 1.165) is 0 Å². The molecule has 4 nitrogen and oxygen atoms in total. The summed E-state index contributed by atoms with van der Waals surface area (Å²) in [5.41, 5.74) is 0.515. The highest BCUT2D eigenvalue weighted by Crippen LogP contribution is 2.25. The molecule has 2 aromatic carbocycles. The minimum atomic E-state index is -0.581. The Bertz CT molecular complexity index is 934. The minimum absolute atomic E-state index is 0.248. The fraction of sp³-hybridized carbons (Fsp3) is 0.200. The zero-order chi connectivity index (χ0) is 18.7. The van der Waals surface area contributed by atoms with Crippen molar-refractivity contribution in [2.45, 2.75) is 19.3 Å². The highest BCUT2D eigenvalue weighted by Gasteiger charge is 2.25. The number of carbonyl (C=O) groups excluding carboxylic acids is 1. The lowest BCUT2D eigenvalue weighted by Crippen LogP contribution is -2.37. The summed E-state index contributed by atoms with van der Waals surface area (Å²) >= 11 is 0. The molecular weight excluding hydrogens is 336 g/mol. The molecule has 0 bridgehead atoms. The zero-order valence-electron chi connectivity index (χ0n) is 14.5. The minimum Gasteiger partial charge on any atom is -0.351 e. The monoisotopic (exact) mass is 355 g/mol. The fourth-order valence-corrected chi connectivity index (χ4v) is 2.72. The van der Waals surface area contributed by atoms with E-state index in [0.29, 0.717) is 11.1 Å². The Kier molecular flexibility index (Phi) is 4.84. The molecule has 26 heavy (non-hydrogen) atoms. The van der Waals surface area contributed by atoms with E-state index in [1.165, 1.54) is 29.2 Å². The Labute approximate surface area is 150 Å². The third kappa shape index (κ3) is 3.64. The third-order valence-corrected chi connectivity index (χ3v) is 4.24. The maximum absolute atomic E-state index is 14.0. The van der Waals surface area contributed by atoms with Gasteiger partial charge in [-0.1, -0.05) is 44.2 Å². The van der Waals surface area contributed by atoms with Crippen LogP contribution < -0.4 is 5.32 Å². The molecule has 0 radical (unpaired) electrons. The van der Waals surface area contributed by atoms with Crippen molar-refractivity contribution >= 4 is 5.91 Å². The van der Waals surface area contributed by atoms with Gasteiger partial charge in [-0.3, -0.25) is 4.79 Å². The quantitative estimate of drug-likeness (QED) is 0.755. The number of nitrogens with one attached hydrogen (secondary N) is 1. The van der Waals surface area contributed by atoms with E-state index >= 15 is 0 Å². The number of nitrogens with zero attached hydrogens (tertiary/aromatic N) is 2. The standard InChI is InChI=1S/C20H19F2N3O/c1-20(2,15-7-3-4-8-16(15)21)13-23-19(26)14-11-24-25(12-14)18-10-6-5-9-17(18)22/h3-12H,13H2,1-2H3,(H,23,26). The van der Waals surface area contributed by atoms with Gasteiger partial charge in [-0.15, -0.1) is 0 Å². The molecule has 0 saturated carbocycles. The van der Waals surface area contributed by atoms with Crippen LogP contribution >= 0.6 is 0 Å². The largest absolute Gasteiger partial charge is 0.351 e. The zero-order valence-corrected chi connectivity index (χ0v) is 14.5. The topological polar surface area (TPSA) is 46.9 Å². The Morgan fingerprint density at radius 1 is 1.08 bits per heavy atom. The first-order chi connectivity index (χ1) is 12.4. The lowest BCUT2D eigenvalue weighted by atomic mass is 9.84. The fourth-order valence-electron chi connectivity index (χ4n) is 2.72. The Morgan fingerprint density at radius 3 is 2.42 bits per heavy atom. The molecule has 0 aliphatic heterocycles. The number of hydrogen-bond acceptors (Lipinski definition) is 2. The van der Waals surface area contributed by atoms with Gasteiger partial charge in [0.15, 0.2) is 0 Å². The summed E-state index contributed by atoms with van der Waals surface area (Å²) in [6.07, 6.45) is 2.84. The summed E-state index contributed by atoms with van der Waals surface area (Å²) in [7, 11) is 0. The number of para-hydroxylation sites is 1. The van der Waals surface area contributed by atoms with Crippen molar-refractivity contribution in [3.63, 3.8) is 0 Å². The van der Waals surface area contributed by atoms with E-state index in [4.69, 9.17) is 0 Å². The van der Waals surface area contributed by atoms with Gasteiger partial charge in [-0.25, -0.2) is 13.5 Å². The maximum atomic E-state index is 14.0. The number of amides is 1. The summed E-state index contributed by atoms with van der Waals surface area (Å²) in [5, 5.41) is 6.83. The predicted octanol–water partition coefficient (Wildman–Crippen LogP) is 3.86. The summed E-state index contributed by atoms with van der Waals surface area (Å²) in [6, 6.07) is 12.7. The van der Waals surface area contributed by atoms with Gasteiger partial charge >= 0.3 is 0 Å². The van der Waals surface area contributed by atoms with Crippen molar-refractivity contribution in [2.75, 3.05) is 6.54 Å². The maximum Gasteiger partial charge on any atom is 0.254 e. The van der Waals surface area contributed by atoms with Crippen LogP contribution in [-0.2, 0) is 5.41 Å². The van der Waals surface area contributed by atoms with E-state index in [2.05, 4.69) is 10.4 Å². The molecule has 0 atom stereocenters. The lowest BCUT2D eigenvalue weighted by Gasteiger charge is -2.26. The smallest absolute Gasteiger partial charge is 0.254 e. The summed E-state index contributed by atoms with van der Waals surface area (Å²) in [5.74, 6) is -1.08. The van der Waals surface area contributed by atoms with Gasteiger partial charge in [-0.2, -0.15) is 5.10 Å². The van der Waals surface area contributed by atoms with Crippen LogP contribution in [0.1, 0.15) is 29.8 Å². The van der Waals surface area contributed by atoms with Crippen LogP contribution in [0.25, 0.3) is 5.69 Å². The Morgan fingerprint density at radius 2 is 1.73 bits per heavy atom. The normalized spacial score (nSPS) is 11.4. The van der Waals surface area contributed by atoms with Crippen molar-refractivity contribution in [2.24, 2.45) is 0 Å². The first-order valence-corrected chi connectivity index (χ1v) is 8.21. The molecular formula is C20H19F2N3O. The van der Waals surface area contributed by atoms with Crippen molar-refractivity contribution < 1.29 is 13.6 Å². The second kappa shape index (κ2) is 7.07. The van der Waals surface area contributed by atoms with Crippen LogP contribution in [-0.4, -0.2) is 22.2 Å². The van der Waals surface area contributed by atoms with Gasteiger partial charge in [-0.05, 0) is 23.8 Å². The molecule has 0 saturated heterocycles. The average molecular weight is 355 g/mol. The van der Waals surface area contributed by atoms with Crippen molar-refractivity contribution in [3.8, 4) is 5.69 Å². The van der Waals surface area contributed by atoms with Gasteiger partial charge < -0.3 is 5.32 Å². The SMILES string of the molecule is CC(C)(CNC(=O)c1cnn(-c2ccccc2F)c1)c1ccccc1F. The first-order valence-electron chi connectivity index (χ1n) is 8.21. The lowest BCUT2D eigenvalue weighted by molar-refractivity contribution is 0.0945. The molecule has 3 rings (SSSR count). The second-order valence-electron chi connectivity index (χ2n) is 6.67. The van der Waals surface area contributed by atoms with Crippen molar-refractivity contribution in [1.29, 1.82) is 0 Å². The molecule has 6 heteroatoms. The highest BCUT2D eigenvalue weighted by molar-refractivity contribution is 5.93. The number of carbonyl (C=O) groups is 1. The van der Waals surface area contributed by atoms with Gasteiger partial charge in [0.2, 0.25) is 0 Å². The van der Waals surface area contributed by atoms with Gasteiger partial charge in [0, 0.05) is 18.2 Å². The van der Waals surface area contributed by atoms with Crippen LogP contribution in [0.3, 0.4) is 0 Å². The van der Waals surface area contributed by atoms with Crippen LogP contribution in [0.15, 0.2) is 60.9 Å². The number of aromatic nitrogens is 2. The van der Waals surface area contributed by atoms with Crippen LogP contribution in [0.4, 0.5) is 8.78 Å². The van der Waals surface area contributed by atoms with E-state index in [-0.39, 0.29) is 24.0 Å². The van der Waals surface area contributed by atoms with Crippen molar-refractivity contribution in [3.05, 3.63) is 83.7 Å². The van der Waals surface area contributed by atoms with Gasteiger partial charge in [0.25, 0.3) is 5.91 Å². The van der Waals surface area contributed by atoms with E-state index < -0.39 is 11.2 Å². The summed E-state index contributed by atoms with van der Waals surface area (Å²) in [6.45, 7) is 3.96. The van der Waals surface area contributed by atoms with Gasteiger partial charge in [0.05, 0.1) is 11.8 Å². The molecule has 0 spiro atoms. The number of benzene rings is 2. The summed E-state index contributed by atoms with van der Waals surface area (Å²) < 4.78 is 29.1. The molecule has 1 N–H and O–H groups in total. The number of hydrogen-bond donors (Lipinski definition) is 1. The number of halogens is 2. The molecule has 0 fully saturated rings.